The van der Waals surface area contributed by atoms with Gasteiger partial charge in [0.05, 0.1) is 22.6 Å². The number of benzene rings is 1. The summed E-state index contributed by atoms with van der Waals surface area (Å²) in [6, 6.07) is 7.75. The fourth-order valence-corrected chi connectivity index (χ4v) is 2.39. The second-order valence-corrected chi connectivity index (χ2v) is 5.02. The number of aromatic nitrogens is 2. The fraction of sp³-hybridized carbons (Fsp3) is 0.357. The van der Waals surface area contributed by atoms with Gasteiger partial charge >= 0.3 is 0 Å². The molecule has 0 radical (unpaired) electrons. The number of nitrogens with two attached hydrogens (primary N) is 1. The lowest BCUT2D eigenvalue weighted by Crippen LogP contribution is -2.09. The Morgan fingerprint density at radius 1 is 1.33 bits per heavy atom. The molecule has 0 fully saturated rings. The molecule has 0 saturated heterocycles. The van der Waals surface area contributed by atoms with Crippen LogP contribution in [0.4, 0.5) is 0 Å². The largest absolute Gasteiger partial charge is 0.330 e. The van der Waals surface area contributed by atoms with Crippen molar-refractivity contribution in [1.82, 2.24) is 9.78 Å². The standard InChI is InChI=1S/C14H18ClN3/c1-10(2)14-11(7-8-16)9-17-18(14)13-6-4-3-5-12(13)15/h3-6,9-10H,7-8,16H2,1-2H3. The third-order valence-electron chi connectivity index (χ3n) is 2.93. The number of rotatable bonds is 4. The summed E-state index contributed by atoms with van der Waals surface area (Å²) in [6.07, 6.45) is 2.74. The van der Waals surface area contributed by atoms with Crippen LogP contribution < -0.4 is 5.73 Å². The van der Waals surface area contributed by atoms with Crippen LogP contribution in [-0.4, -0.2) is 16.3 Å². The van der Waals surface area contributed by atoms with E-state index < -0.39 is 0 Å². The lowest BCUT2D eigenvalue weighted by Gasteiger charge is -2.13. The van der Waals surface area contributed by atoms with E-state index in [2.05, 4.69) is 18.9 Å². The first-order valence-electron chi connectivity index (χ1n) is 6.17. The van der Waals surface area contributed by atoms with Crippen LogP contribution in [0, 0.1) is 0 Å². The average molecular weight is 264 g/mol. The van der Waals surface area contributed by atoms with E-state index in [1.54, 1.807) is 0 Å². The zero-order valence-corrected chi connectivity index (χ0v) is 11.5. The van der Waals surface area contributed by atoms with E-state index in [0.717, 1.165) is 12.1 Å². The molecule has 3 nitrogen and oxygen atoms in total. The molecule has 4 heteroatoms. The van der Waals surface area contributed by atoms with E-state index in [1.165, 1.54) is 11.3 Å². The van der Waals surface area contributed by atoms with Crippen molar-refractivity contribution in [3.63, 3.8) is 0 Å². The summed E-state index contributed by atoms with van der Waals surface area (Å²) >= 11 is 6.24. The Morgan fingerprint density at radius 3 is 2.67 bits per heavy atom. The molecule has 96 valence electrons. The maximum Gasteiger partial charge on any atom is 0.0835 e. The molecule has 1 aromatic heterocycles. The molecule has 2 N–H and O–H groups in total. The van der Waals surface area contributed by atoms with Gasteiger partial charge in [-0.2, -0.15) is 5.10 Å². The monoisotopic (exact) mass is 263 g/mol. The maximum absolute atomic E-state index is 6.24. The molecule has 0 aliphatic rings. The van der Waals surface area contributed by atoms with Gasteiger partial charge in [0.15, 0.2) is 0 Å². The molecule has 1 heterocycles. The molecule has 0 aliphatic carbocycles. The minimum Gasteiger partial charge on any atom is -0.330 e. The highest BCUT2D eigenvalue weighted by Crippen LogP contribution is 2.26. The second kappa shape index (κ2) is 5.55. The van der Waals surface area contributed by atoms with Crippen LogP contribution in [-0.2, 0) is 6.42 Å². The quantitative estimate of drug-likeness (QED) is 0.921. The number of hydrogen-bond acceptors (Lipinski definition) is 2. The number of hydrogen-bond donors (Lipinski definition) is 1. The first kappa shape index (κ1) is 13.1. The lowest BCUT2D eigenvalue weighted by atomic mass is 10.0. The zero-order valence-electron chi connectivity index (χ0n) is 10.7. The summed E-state index contributed by atoms with van der Waals surface area (Å²) < 4.78 is 1.93. The van der Waals surface area contributed by atoms with E-state index in [1.807, 2.05) is 35.1 Å². The molecular formula is C14H18ClN3. The average Bonchev–Trinajstić information content (AvgIpc) is 2.74. The van der Waals surface area contributed by atoms with Gasteiger partial charge in [0, 0.05) is 0 Å². The van der Waals surface area contributed by atoms with Crippen molar-refractivity contribution in [1.29, 1.82) is 0 Å². The minimum atomic E-state index is 0.380. The highest BCUT2D eigenvalue weighted by atomic mass is 35.5. The molecule has 0 spiro atoms. The van der Waals surface area contributed by atoms with Gasteiger partial charge < -0.3 is 5.73 Å². The molecule has 0 bridgehead atoms. The van der Waals surface area contributed by atoms with E-state index >= 15 is 0 Å². The van der Waals surface area contributed by atoms with Gasteiger partial charge in [0.1, 0.15) is 0 Å². The Bertz CT molecular complexity index is 532. The van der Waals surface area contributed by atoms with Crippen LogP contribution >= 0.6 is 11.6 Å². The SMILES string of the molecule is CC(C)c1c(CCN)cnn1-c1ccccc1Cl. The van der Waals surface area contributed by atoms with Gasteiger partial charge in [-0.25, -0.2) is 4.68 Å². The van der Waals surface area contributed by atoms with Gasteiger partial charge in [0.25, 0.3) is 0 Å². The Balaban J connectivity index is 2.55. The van der Waals surface area contributed by atoms with Crippen molar-refractivity contribution in [3.05, 3.63) is 46.7 Å². The lowest BCUT2D eigenvalue weighted by molar-refractivity contribution is 0.724. The molecule has 18 heavy (non-hydrogen) atoms. The van der Waals surface area contributed by atoms with Gasteiger partial charge in [-0.3, -0.25) is 0 Å². The molecule has 2 aromatic rings. The molecular weight excluding hydrogens is 246 g/mol. The minimum absolute atomic E-state index is 0.380. The summed E-state index contributed by atoms with van der Waals surface area (Å²) in [5.74, 6) is 0.380. The summed E-state index contributed by atoms with van der Waals surface area (Å²) in [7, 11) is 0. The molecule has 0 unspecified atom stereocenters. The Labute approximate surface area is 113 Å². The highest BCUT2D eigenvalue weighted by molar-refractivity contribution is 6.32. The zero-order chi connectivity index (χ0) is 13.1. The van der Waals surface area contributed by atoms with E-state index in [9.17, 15) is 0 Å². The Morgan fingerprint density at radius 2 is 2.06 bits per heavy atom. The summed E-state index contributed by atoms with van der Waals surface area (Å²) in [4.78, 5) is 0. The van der Waals surface area contributed by atoms with Crippen LogP contribution in [0.15, 0.2) is 30.5 Å². The summed E-state index contributed by atoms with van der Waals surface area (Å²) in [5, 5.41) is 5.17. The smallest absolute Gasteiger partial charge is 0.0835 e. The van der Waals surface area contributed by atoms with Crippen LogP contribution in [0.25, 0.3) is 5.69 Å². The van der Waals surface area contributed by atoms with Crippen molar-refractivity contribution in [2.45, 2.75) is 26.2 Å². The first-order chi connectivity index (χ1) is 8.65. The molecule has 0 aliphatic heterocycles. The van der Waals surface area contributed by atoms with E-state index in [4.69, 9.17) is 17.3 Å². The predicted octanol–water partition coefficient (Wildman–Crippen LogP) is 3.15. The number of para-hydroxylation sites is 1. The maximum atomic E-state index is 6.24. The third kappa shape index (κ3) is 2.42. The van der Waals surface area contributed by atoms with Gasteiger partial charge in [0.2, 0.25) is 0 Å². The molecule has 0 saturated carbocycles. The van der Waals surface area contributed by atoms with Crippen molar-refractivity contribution in [2.75, 3.05) is 6.54 Å². The summed E-state index contributed by atoms with van der Waals surface area (Å²) in [6.45, 7) is 4.95. The van der Waals surface area contributed by atoms with Gasteiger partial charge in [-0.05, 0) is 36.6 Å². The van der Waals surface area contributed by atoms with Crippen molar-refractivity contribution < 1.29 is 0 Å². The van der Waals surface area contributed by atoms with E-state index in [0.29, 0.717) is 17.5 Å². The van der Waals surface area contributed by atoms with Crippen LogP contribution in [0.5, 0.6) is 0 Å². The van der Waals surface area contributed by atoms with Crippen molar-refractivity contribution in [2.24, 2.45) is 5.73 Å². The van der Waals surface area contributed by atoms with Crippen LogP contribution in [0.2, 0.25) is 5.02 Å². The van der Waals surface area contributed by atoms with Crippen LogP contribution in [0.3, 0.4) is 0 Å². The van der Waals surface area contributed by atoms with Crippen molar-refractivity contribution in [3.8, 4) is 5.69 Å². The van der Waals surface area contributed by atoms with Gasteiger partial charge in [-0.1, -0.05) is 37.6 Å². The first-order valence-corrected chi connectivity index (χ1v) is 6.54. The Kier molecular flexibility index (Phi) is 4.04. The molecule has 0 atom stereocenters. The predicted molar refractivity (Wildman–Crippen MR) is 75.4 cm³/mol. The summed E-state index contributed by atoms with van der Waals surface area (Å²) in [5.41, 5.74) is 8.96. The van der Waals surface area contributed by atoms with Crippen LogP contribution in [0.1, 0.15) is 31.0 Å². The van der Waals surface area contributed by atoms with Gasteiger partial charge in [-0.15, -0.1) is 0 Å². The third-order valence-corrected chi connectivity index (χ3v) is 3.25. The number of halogens is 1. The van der Waals surface area contributed by atoms with E-state index in [-0.39, 0.29) is 0 Å². The number of nitrogens with zero attached hydrogens (tertiary/aromatic N) is 2. The molecule has 2 rings (SSSR count). The highest BCUT2D eigenvalue weighted by Gasteiger charge is 2.16. The Hall–Kier alpha value is -1.32. The fourth-order valence-electron chi connectivity index (χ4n) is 2.17. The second-order valence-electron chi connectivity index (χ2n) is 4.61. The molecule has 0 amide bonds. The molecule has 1 aromatic carbocycles. The van der Waals surface area contributed by atoms with Crippen molar-refractivity contribution >= 4 is 11.6 Å². The topological polar surface area (TPSA) is 43.8 Å². The normalized spacial score (nSPS) is 11.2.